The number of aromatic nitrogens is 5. The molecule has 0 spiro atoms. The molecule has 0 aliphatic heterocycles. The predicted octanol–water partition coefficient (Wildman–Crippen LogP) is 3.81. The van der Waals surface area contributed by atoms with Crippen LogP contribution in [0, 0.1) is 18.6 Å². The van der Waals surface area contributed by atoms with Crippen LogP contribution >= 0.6 is 11.6 Å². The van der Waals surface area contributed by atoms with Gasteiger partial charge < -0.3 is 14.6 Å². The van der Waals surface area contributed by atoms with Crippen molar-refractivity contribution in [3.63, 3.8) is 0 Å². The number of methoxy groups -OCH3 is 1. The summed E-state index contributed by atoms with van der Waals surface area (Å²) in [5.41, 5.74) is 2.78. The molecule has 12 heteroatoms. The number of rotatable bonds is 8. The first-order chi connectivity index (χ1) is 16.8. The smallest absolute Gasteiger partial charge is 0.289 e. The third-order valence-electron chi connectivity index (χ3n) is 5.37. The molecule has 4 rings (SSSR count). The quantitative estimate of drug-likeness (QED) is 0.365. The average molecular weight is 503 g/mol. The summed E-state index contributed by atoms with van der Waals surface area (Å²) in [6, 6.07) is 7.14. The second-order valence-corrected chi connectivity index (χ2v) is 8.10. The Labute approximate surface area is 204 Å². The molecule has 0 saturated heterocycles. The zero-order chi connectivity index (χ0) is 25.1. The van der Waals surface area contributed by atoms with Crippen molar-refractivity contribution in [1.82, 2.24) is 30.2 Å². The summed E-state index contributed by atoms with van der Waals surface area (Å²) in [6.45, 7) is 2.29. The van der Waals surface area contributed by atoms with Crippen molar-refractivity contribution in [1.29, 1.82) is 0 Å². The van der Waals surface area contributed by atoms with Crippen LogP contribution in [0.3, 0.4) is 0 Å². The highest BCUT2D eigenvalue weighted by atomic mass is 35.5. The van der Waals surface area contributed by atoms with Gasteiger partial charge in [0.1, 0.15) is 22.4 Å². The standard InChI is InChI=1S/C23H21ClF2N6O3/c1-12-21(18(11-34-3)32(2)30-12)14(16-5-4-6-20(24)29-16)10-28-23(33)19-8-17(31-35-19)22-15(26)7-13(25)9-27-22/h4-9,14H,10-11H2,1-3H3,(H,28,33). The molecule has 9 nitrogen and oxygen atoms in total. The first-order valence-electron chi connectivity index (χ1n) is 10.5. The first-order valence-corrected chi connectivity index (χ1v) is 10.9. The van der Waals surface area contributed by atoms with Gasteiger partial charge in [0.15, 0.2) is 5.82 Å². The number of amides is 1. The van der Waals surface area contributed by atoms with Gasteiger partial charge in [0.2, 0.25) is 5.76 Å². The molecule has 0 saturated carbocycles. The van der Waals surface area contributed by atoms with Crippen molar-refractivity contribution in [2.45, 2.75) is 19.4 Å². The fraction of sp³-hybridized carbons (Fsp3) is 0.261. The van der Waals surface area contributed by atoms with Gasteiger partial charge in [-0.05, 0) is 19.1 Å². The monoisotopic (exact) mass is 502 g/mol. The molecule has 0 fully saturated rings. The maximum atomic E-state index is 14.0. The van der Waals surface area contributed by atoms with Gasteiger partial charge in [-0.15, -0.1) is 0 Å². The van der Waals surface area contributed by atoms with E-state index in [0.717, 1.165) is 23.1 Å². The summed E-state index contributed by atoms with van der Waals surface area (Å²) < 4.78 is 39.3. The molecule has 182 valence electrons. The molecule has 0 radical (unpaired) electrons. The number of ether oxygens (including phenoxy) is 1. The van der Waals surface area contributed by atoms with Crippen LogP contribution in [0.1, 0.15) is 39.1 Å². The zero-order valence-electron chi connectivity index (χ0n) is 19.1. The lowest BCUT2D eigenvalue weighted by Gasteiger charge is -2.19. The molecule has 0 bridgehead atoms. The van der Waals surface area contributed by atoms with Crippen molar-refractivity contribution >= 4 is 17.5 Å². The number of hydrogen-bond acceptors (Lipinski definition) is 7. The molecule has 0 aromatic carbocycles. The fourth-order valence-corrected chi connectivity index (χ4v) is 4.01. The SMILES string of the molecule is COCc1c(C(CNC(=O)c2cc(-c3ncc(F)cc3F)no2)c2cccc(Cl)n2)c(C)nn1C. The van der Waals surface area contributed by atoms with E-state index in [-0.39, 0.29) is 23.7 Å². The van der Waals surface area contributed by atoms with E-state index in [2.05, 4.69) is 25.5 Å². The third-order valence-corrected chi connectivity index (χ3v) is 5.58. The Morgan fingerprint density at radius 2 is 2.11 bits per heavy atom. The number of nitrogens with zero attached hydrogens (tertiary/aromatic N) is 5. The van der Waals surface area contributed by atoms with Crippen LogP contribution in [-0.2, 0) is 18.4 Å². The molecule has 4 aromatic heterocycles. The summed E-state index contributed by atoms with van der Waals surface area (Å²) in [7, 11) is 3.39. The largest absolute Gasteiger partial charge is 0.378 e. The maximum Gasteiger partial charge on any atom is 0.289 e. The number of carbonyl (C=O) groups is 1. The predicted molar refractivity (Wildman–Crippen MR) is 122 cm³/mol. The fourth-order valence-electron chi connectivity index (χ4n) is 3.83. The van der Waals surface area contributed by atoms with Crippen LogP contribution in [0.4, 0.5) is 8.78 Å². The first kappa shape index (κ1) is 24.4. The van der Waals surface area contributed by atoms with E-state index in [4.69, 9.17) is 20.9 Å². The van der Waals surface area contributed by atoms with E-state index in [1.54, 1.807) is 30.0 Å². The molecule has 1 amide bonds. The molecule has 4 aromatic rings. The van der Waals surface area contributed by atoms with Crippen molar-refractivity contribution in [2.75, 3.05) is 13.7 Å². The second-order valence-electron chi connectivity index (χ2n) is 7.71. The topological polar surface area (TPSA) is 108 Å². The van der Waals surface area contributed by atoms with Crippen LogP contribution in [0.25, 0.3) is 11.4 Å². The van der Waals surface area contributed by atoms with E-state index in [1.165, 1.54) is 6.07 Å². The Bertz CT molecular complexity index is 1370. The number of aryl methyl sites for hydroxylation is 2. The van der Waals surface area contributed by atoms with Crippen molar-refractivity contribution < 1.29 is 22.8 Å². The minimum absolute atomic E-state index is 0.0359. The summed E-state index contributed by atoms with van der Waals surface area (Å²) in [5.74, 6) is -2.91. The highest BCUT2D eigenvalue weighted by Crippen LogP contribution is 2.30. The molecule has 1 N–H and O–H groups in total. The van der Waals surface area contributed by atoms with Gasteiger partial charge in [-0.2, -0.15) is 5.10 Å². The number of hydrogen-bond donors (Lipinski definition) is 1. The Kier molecular flexibility index (Phi) is 7.17. The summed E-state index contributed by atoms with van der Waals surface area (Å²) in [4.78, 5) is 21.0. The second kappa shape index (κ2) is 10.3. The van der Waals surface area contributed by atoms with Gasteiger partial charge in [0.05, 0.1) is 29.9 Å². The van der Waals surface area contributed by atoms with Gasteiger partial charge >= 0.3 is 0 Å². The van der Waals surface area contributed by atoms with E-state index in [0.29, 0.717) is 23.5 Å². The molecule has 1 unspecified atom stereocenters. The summed E-state index contributed by atoms with van der Waals surface area (Å²) in [6.07, 6.45) is 0.850. The Hall–Kier alpha value is -3.70. The van der Waals surface area contributed by atoms with Gasteiger partial charge in [0, 0.05) is 44.3 Å². The molecular weight excluding hydrogens is 482 g/mol. The van der Waals surface area contributed by atoms with Crippen LogP contribution in [0.15, 0.2) is 41.1 Å². The Morgan fingerprint density at radius 1 is 1.31 bits per heavy atom. The molecular formula is C23H21ClF2N6O3. The summed E-state index contributed by atoms with van der Waals surface area (Å²) in [5, 5.41) is 11.3. The maximum absolute atomic E-state index is 14.0. The minimum atomic E-state index is -0.921. The number of halogens is 3. The zero-order valence-corrected chi connectivity index (χ0v) is 19.8. The Morgan fingerprint density at radius 3 is 2.83 bits per heavy atom. The molecule has 0 aliphatic carbocycles. The van der Waals surface area contributed by atoms with Crippen molar-refractivity contribution in [3.8, 4) is 11.4 Å². The van der Waals surface area contributed by atoms with Crippen LogP contribution < -0.4 is 5.32 Å². The highest BCUT2D eigenvalue weighted by Gasteiger charge is 2.27. The van der Waals surface area contributed by atoms with E-state index in [9.17, 15) is 13.6 Å². The number of carbonyl (C=O) groups excluding carboxylic acids is 1. The third kappa shape index (κ3) is 5.20. The summed E-state index contributed by atoms with van der Waals surface area (Å²) >= 11 is 6.14. The van der Waals surface area contributed by atoms with E-state index < -0.39 is 23.5 Å². The van der Waals surface area contributed by atoms with Crippen molar-refractivity contribution in [3.05, 3.63) is 81.7 Å². The highest BCUT2D eigenvalue weighted by molar-refractivity contribution is 6.29. The Balaban J connectivity index is 1.61. The number of pyridine rings is 2. The average Bonchev–Trinajstić information content (AvgIpc) is 3.40. The van der Waals surface area contributed by atoms with Crippen LogP contribution in [0.2, 0.25) is 5.15 Å². The van der Waals surface area contributed by atoms with Crippen LogP contribution in [-0.4, -0.2) is 44.5 Å². The van der Waals surface area contributed by atoms with E-state index >= 15 is 0 Å². The lowest BCUT2D eigenvalue weighted by Crippen LogP contribution is -2.29. The molecule has 0 aliphatic rings. The van der Waals surface area contributed by atoms with Crippen molar-refractivity contribution in [2.24, 2.45) is 7.05 Å². The van der Waals surface area contributed by atoms with Gasteiger partial charge in [-0.25, -0.2) is 18.7 Å². The molecule has 35 heavy (non-hydrogen) atoms. The molecule has 1 atom stereocenters. The lowest BCUT2D eigenvalue weighted by molar-refractivity contribution is 0.0915. The minimum Gasteiger partial charge on any atom is -0.378 e. The molecule has 4 heterocycles. The lowest BCUT2D eigenvalue weighted by atomic mass is 9.93. The van der Waals surface area contributed by atoms with Gasteiger partial charge in [-0.1, -0.05) is 22.8 Å². The van der Waals surface area contributed by atoms with Crippen LogP contribution in [0.5, 0.6) is 0 Å². The van der Waals surface area contributed by atoms with Gasteiger partial charge in [0.25, 0.3) is 5.91 Å². The van der Waals surface area contributed by atoms with Gasteiger partial charge in [-0.3, -0.25) is 9.48 Å². The normalized spacial score (nSPS) is 12.1. The van der Waals surface area contributed by atoms with E-state index in [1.807, 2.05) is 14.0 Å². The number of nitrogens with one attached hydrogen (secondary N) is 1.